The first-order valence-electron chi connectivity index (χ1n) is 11.8. The molecule has 0 unspecified atom stereocenters. The number of fused-ring (bicyclic) bond motifs is 1. The van der Waals surface area contributed by atoms with Gasteiger partial charge in [0.25, 0.3) is 0 Å². The van der Waals surface area contributed by atoms with Crippen molar-refractivity contribution in [2.24, 2.45) is 11.8 Å². The Bertz CT molecular complexity index is 1120. The molecule has 1 saturated carbocycles. The van der Waals surface area contributed by atoms with Crippen LogP contribution in [0.4, 0.5) is 5.82 Å². The molecule has 3 heterocycles. The molecule has 7 nitrogen and oxygen atoms in total. The summed E-state index contributed by atoms with van der Waals surface area (Å²) in [7, 11) is 1.99. The number of nitrogens with zero attached hydrogens (tertiary/aromatic N) is 4. The topological polar surface area (TPSA) is 82.8 Å². The Morgan fingerprint density at radius 2 is 1.91 bits per heavy atom. The number of aromatic nitrogens is 3. The SMILES string of the molecule is Bc1cnn2c(NCC3CCN(C(=O)C4CCCC4)CC3)cc(-c3ccccc3O)nc12. The van der Waals surface area contributed by atoms with Crippen LogP contribution in [0.2, 0.25) is 0 Å². The molecule has 2 fully saturated rings. The molecule has 2 aromatic heterocycles. The first-order valence-corrected chi connectivity index (χ1v) is 11.8. The van der Waals surface area contributed by atoms with E-state index >= 15 is 0 Å². The van der Waals surface area contributed by atoms with Gasteiger partial charge >= 0.3 is 0 Å². The van der Waals surface area contributed by atoms with Crippen LogP contribution in [0.1, 0.15) is 38.5 Å². The lowest BCUT2D eigenvalue weighted by atomic mass is 9.95. The Morgan fingerprint density at radius 1 is 1.16 bits per heavy atom. The van der Waals surface area contributed by atoms with Gasteiger partial charge in [-0.2, -0.15) is 9.61 Å². The van der Waals surface area contributed by atoms with Crippen molar-refractivity contribution in [2.45, 2.75) is 38.5 Å². The number of likely N-dealkylation sites (tertiary alicyclic amines) is 1. The minimum atomic E-state index is 0.215. The Kier molecular flexibility index (Phi) is 5.76. The number of benzene rings is 1. The molecule has 2 N–H and O–H groups in total. The van der Waals surface area contributed by atoms with Crippen molar-refractivity contribution in [2.75, 3.05) is 25.0 Å². The number of phenolic OH excluding ortho intramolecular Hbond substituents is 1. The van der Waals surface area contributed by atoms with E-state index in [-0.39, 0.29) is 11.7 Å². The summed E-state index contributed by atoms with van der Waals surface area (Å²) >= 11 is 0. The second kappa shape index (κ2) is 8.84. The number of anilines is 1. The molecule has 0 radical (unpaired) electrons. The van der Waals surface area contributed by atoms with E-state index in [0.29, 0.717) is 17.4 Å². The number of para-hydroxylation sites is 1. The van der Waals surface area contributed by atoms with Gasteiger partial charge in [-0.05, 0) is 49.2 Å². The number of amides is 1. The minimum Gasteiger partial charge on any atom is -0.507 e. The molecule has 2 aliphatic rings. The van der Waals surface area contributed by atoms with Crippen molar-refractivity contribution in [3.05, 3.63) is 36.5 Å². The zero-order valence-electron chi connectivity index (χ0n) is 18.6. The number of aromatic hydroxyl groups is 1. The van der Waals surface area contributed by atoms with Crippen LogP contribution < -0.4 is 10.8 Å². The molecule has 1 aliphatic carbocycles. The average molecular weight is 431 g/mol. The van der Waals surface area contributed by atoms with Gasteiger partial charge in [-0.25, -0.2) is 4.98 Å². The summed E-state index contributed by atoms with van der Waals surface area (Å²) in [6, 6.07) is 9.22. The molecule has 1 saturated heterocycles. The van der Waals surface area contributed by atoms with Gasteiger partial charge in [0.1, 0.15) is 19.4 Å². The number of piperidine rings is 1. The van der Waals surface area contributed by atoms with Crippen LogP contribution in [-0.4, -0.2) is 58.0 Å². The number of hydrogen-bond donors (Lipinski definition) is 2. The smallest absolute Gasteiger partial charge is 0.225 e. The van der Waals surface area contributed by atoms with Crippen LogP contribution >= 0.6 is 0 Å². The molecule has 1 amide bonds. The molecule has 1 aromatic carbocycles. The summed E-state index contributed by atoms with van der Waals surface area (Å²) in [5.41, 5.74) is 3.20. The molecule has 0 spiro atoms. The molecule has 5 rings (SSSR count). The first-order chi connectivity index (χ1) is 15.6. The van der Waals surface area contributed by atoms with Gasteiger partial charge in [0.15, 0.2) is 5.65 Å². The van der Waals surface area contributed by atoms with Gasteiger partial charge in [-0.15, -0.1) is 0 Å². The van der Waals surface area contributed by atoms with Gasteiger partial charge in [-0.3, -0.25) is 4.79 Å². The van der Waals surface area contributed by atoms with Gasteiger partial charge < -0.3 is 15.3 Å². The molecule has 166 valence electrons. The highest BCUT2D eigenvalue weighted by molar-refractivity contribution is 6.36. The number of carbonyl (C=O) groups is 1. The van der Waals surface area contributed by atoms with E-state index in [9.17, 15) is 9.90 Å². The third-order valence-electron chi connectivity index (χ3n) is 7.03. The van der Waals surface area contributed by atoms with Gasteiger partial charge in [0.2, 0.25) is 5.91 Å². The Balaban J connectivity index is 1.28. The molecule has 1 aliphatic heterocycles. The molecule has 0 bridgehead atoms. The fraction of sp³-hybridized carbons (Fsp3) is 0.458. The standard InChI is InChI=1S/C24H30BN5O2/c25-19-15-27-30-22(13-20(28-23(19)30)18-7-3-4-8-21(18)31)26-14-16-9-11-29(12-10-16)24(32)17-5-1-2-6-17/h3-4,7-8,13,15-17,26,31H,1-2,5-6,9-12,14,25H2. The zero-order valence-corrected chi connectivity index (χ0v) is 18.6. The van der Waals surface area contributed by atoms with E-state index in [1.165, 1.54) is 12.8 Å². The van der Waals surface area contributed by atoms with E-state index in [1.807, 2.05) is 42.8 Å². The van der Waals surface area contributed by atoms with Crippen molar-refractivity contribution < 1.29 is 9.90 Å². The fourth-order valence-electron chi connectivity index (χ4n) is 5.06. The molecule has 0 atom stereocenters. The third-order valence-corrected chi connectivity index (χ3v) is 7.03. The maximum absolute atomic E-state index is 12.7. The van der Waals surface area contributed by atoms with Crippen molar-refractivity contribution in [1.82, 2.24) is 19.5 Å². The summed E-state index contributed by atoms with van der Waals surface area (Å²) < 4.78 is 1.83. The molecule has 3 aromatic rings. The number of carbonyl (C=O) groups excluding carboxylic acids is 1. The number of nitrogens with one attached hydrogen (secondary N) is 1. The minimum absolute atomic E-state index is 0.215. The van der Waals surface area contributed by atoms with E-state index < -0.39 is 0 Å². The molecule has 8 heteroatoms. The fourth-order valence-corrected chi connectivity index (χ4v) is 5.06. The number of phenols is 1. The Hall–Kier alpha value is -3.03. The van der Waals surface area contributed by atoms with E-state index in [1.54, 1.807) is 6.07 Å². The van der Waals surface area contributed by atoms with E-state index in [4.69, 9.17) is 4.98 Å². The summed E-state index contributed by atoms with van der Waals surface area (Å²) in [5.74, 6) is 2.24. The lowest BCUT2D eigenvalue weighted by Crippen LogP contribution is -2.42. The van der Waals surface area contributed by atoms with Gasteiger partial charge in [0, 0.05) is 43.4 Å². The lowest BCUT2D eigenvalue weighted by Gasteiger charge is -2.33. The van der Waals surface area contributed by atoms with Crippen molar-refractivity contribution in [1.29, 1.82) is 0 Å². The van der Waals surface area contributed by atoms with Crippen LogP contribution in [-0.2, 0) is 4.79 Å². The van der Waals surface area contributed by atoms with Crippen LogP contribution in [0, 0.1) is 11.8 Å². The highest BCUT2D eigenvalue weighted by atomic mass is 16.3. The monoisotopic (exact) mass is 431 g/mol. The predicted molar refractivity (Wildman–Crippen MR) is 128 cm³/mol. The quantitative estimate of drug-likeness (QED) is 0.606. The average Bonchev–Trinajstić information content (AvgIpc) is 3.48. The predicted octanol–water partition coefficient (Wildman–Crippen LogP) is 2.20. The molecular weight excluding hydrogens is 401 g/mol. The summed E-state index contributed by atoms with van der Waals surface area (Å²) in [5, 5.41) is 18.4. The summed E-state index contributed by atoms with van der Waals surface area (Å²) in [6.45, 7) is 2.54. The Morgan fingerprint density at radius 3 is 2.66 bits per heavy atom. The van der Waals surface area contributed by atoms with E-state index in [2.05, 4.69) is 15.3 Å². The van der Waals surface area contributed by atoms with Crippen LogP contribution in [0.15, 0.2) is 36.5 Å². The highest BCUT2D eigenvalue weighted by Crippen LogP contribution is 2.30. The highest BCUT2D eigenvalue weighted by Gasteiger charge is 2.30. The second-order valence-corrected chi connectivity index (χ2v) is 9.24. The van der Waals surface area contributed by atoms with Crippen molar-refractivity contribution in [3.63, 3.8) is 0 Å². The zero-order chi connectivity index (χ0) is 22.1. The molecular formula is C24H30BN5O2. The maximum atomic E-state index is 12.7. The normalized spacial score (nSPS) is 17.8. The van der Waals surface area contributed by atoms with Gasteiger partial charge in [0.05, 0.1) is 5.69 Å². The summed E-state index contributed by atoms with van der Waals surface area (Å²) in [6.07, 6.45) is 8.39. The lowest BCUT2D eigenvalue weighted by molar-refractivity contribution is -0.136. The van der Waals surface area contributed by atoms with Crippen LogP contribution in [0.25, 0.3) is 16.9 Å². The number of hydrogen-bond acceptors (Lipinski definition) is 5. The first kappa shape index (κ1) is 20.9. The van der Waals surface area contributed by atoms with Crippen LogP contribution in [0.3, 0.4) is 0 Å². The van der Waals surface area contributed by atoms with Crippen LogP contribution in [0.5, 0.6) is 5.75 Å². The van der Waals surface area contributed by atoms with Crippen molar-refractivity contribution in [3.8, 4) is 17.0 Å². The number of rotatable bonds is 5. The largest absolute Gasteiger partial charge is 0.507 e. The van der Waals surface area contributed by atoms with E-state index in [0.717, 1.165) is 67.9 Å². The van der Waals surface area contributed by atoms with Crippen molar-refractivity contribution >= 4 is 30.7 Å². The third kappa shape index (κ3) is 4.06. The second-order valence-electron chi connectivity index (χ2n) is 9.24. The summed E-state index contributed by atoms with van der Waals surface area (Å²) in [4.78, 5) is 19.5. The van der Waals surface area contributed by atoms with Gasteiger partial charge in [-0.1, -0.05) is 25.0 Å². The maximum Gasteiger partial charge on any atom is 0.225 e. The molecule has 32 heavy (non-hydrogen) atoms. The Labute approximate surface area is 189 Å².